The molecule has 2 nitrogen and oxygen atoms in total. The van der Waals surface area contributed by atoms with Crippen molar-refractivity contribution in [3.63, 3.8) is 0 Å². The molecule has 0 radical (unpaired) electrons. The maximum atomic E-state index is 3.64. The van der Waals surface area contributed by atoms with Crippen LogP contribution < -0.4 is 5.32 Å². The van der Waals surface area contributed by atoms with Gasteiger partial charge in [-0.05, 0) is 45.1 Å². The highest BCUT2D eigenvalue weighted by Gasteiger charge is 2.36. The lowest BCUT2D eigenvalue weighted by molar-refractivity contribution is 0.172. The lowest BCUT2D eigenvalue weighted by Gasteiger charge is -2.36. The van der Waals surface area contributed by atoms with Crippen LogP contribution in [0.5, 0.6) is 0 Å². The first-order valence-electron chi connectivity index (χ1n) is 5.76. The summed E-state index contributed by atoms with van der Waals surface area (Å²) in [7, 11) is 4.37. The maximum Gasteiger partial charge on any atom is 0.0380 e. The average Bonchev–Trinajstić information content (AvgIpc) is 2.71. The van der Waals surface area contributed by atoms with Gasteiger partial charge in [-0.2, -0.15) is 0 Å². The van der Waals surface area contributed by atoms with E-state index < -0.39 is 0 Å². The second-order valence-electron chi connectivity index (χ2n) is 4.81. The quantitative estimate of drug-likeness (QED) is 0.915. The highest BCUT2D eigenvalue weighted by Crippen LogP contribution is 2.28. The predicted octanol–water partition coefficient (Wildman–Crippen LogP) is 2.29. The van der Waals surface area contributed by atoms with Gasteiger partial charge >= 0.3 is 0 Å². The molecule has 1 aromatic rings. The molecule has 0 bridgehead atoms. The minimum atomic E-state index is 0.282. The summed E-state index contributed by atoms with van der Waals surface area (Å²) in [6.45, 7) is 2.21. The van der Waals surface area contributed by atoms with E-state index in [4.69, 9.17) is 0 Å². The summed E-state index contributed by atoms with van der Waals surface area (Å²) in [5, 5.41) is 3.48. The van der Waals surface area contributed by atoms with Crippen LogP contribution in [0, 0.1) is 0 Å². The molecule has 0 aromatic heterocycles. The molecule has 1 N–H and O–H groups in total. The summed E-state index contributed by atoms with van der Waals surface area (Å²) >= 11 is 3.64. The Kier molecular flexibility index (Phi) is 3.67. The third kappa shape index (κ3) is 2.31. The van der Waals surface area contributed by atoms with E-state index in [1.165, 1.54) is 16.5 Å². The third-order valence-electron chi connectivity index (χ3n) is 3.65. The first-order valence-corrected chi connectivity index (χ1v) is 6.55. The van der Waals surface area contributed by atoms with E-state index in [0.717, 1.165) is 19.5 Å². The van der Waals surface area contributed by atoms with Crippen LogP contribution in [-0.4, -0.2) is 37.6 Å². The van der Waals surface area contributed by atoms with Gasteiger partial charge in [-0.3, -0.25) is 0 Å². The van der Waals surface area contributed by atoms with Gasteiger partial charge in [0.1, 0.15) is 0 Å². The monoisotopic (exact) mass is 282 g/mol. The molecule has 1 saturated heterocycles. The molecule has 0 spiro atoms. The number of halogens is 1. The fraction of sp³-hybridized carbons (Fsp3) is 0.538. The first kappa shape index (κ1) is 12.1. The Hall–Kier alpha value is -0.380. The van der Waals surface area contributed by atoms with Crippen molar-refractivity contribution >= 4 is 15.9 Å². The first-order chi connectivity index (χ1) is 7.64. The molecule has 1 aliphatic rings. The van der Waals surface area contributed by atoms with Crippen molar-refractivity contribution in [1.29, 1.82) is 0 Å². The zero-order chi connectivity index (χ0) is 11.6. The predicted molar refractivity (Wildman–Crippen MR) is 71.8 cm³/mol. The topological polar surface area (TPSA) is 15.3 Å². The molecule has 88 valence electrons. The highest BCUT2D eigenvalue weighted by atomic mass is 79.9. The summed E-state index contributed by atoms with van der Waals surface area (Å²) in [5.41, 5.74) is 1.68. The van der Waals surface area contributed by atoms with Crippen LogP contribution in [0.25, 0.3) is 0 Å². The maximum absolute atomic E-state index is 3.64. The minimum Gasteiger partial charge on any atom is -0.315 e. The van der Waals surface area contributed by atoms with Gasteiger partial charge in [-0.15, -0.1) is 0 Å². The Balaban J connectivity index is 2.21. The number of benzene rings is 1. The van der Waals surface area contributed by atoms with Gasteiger partial charge in [0.2, 0.25) is 0 Å². The van der Waals surface area contributed by atoms with Crippen LogP contribution in [0.3, 0.4) is 0 Å². The minimum absolute atomic E-state index is 0.282. The van der Waals surface area contributed by atoms with Gasteiger partial charge in [0.05, 0.1) is 0 Å². The second-order valence-corrected chi connectivity index (χ2v) is 5.67. The molecule has 1 aliphatic heterocycles. The zero-order valence-electron chi connectivity index (χ0n) is 9.96. The Morgan fingerprint density at radius 2 is 2.12 bits per heavy atom. The fourth-order valence-electron chi connectivity index (χ4n) is 2.42. The molecule has 3 heteroatoms. The number of hydrogen-bond acceptors (Lipinski definition) is 2. The molecule has 1 atom stereocenters. The Bertz CT molecular complexity index is 357. The van der Waals surface area contributed by atoms with Crippen LogP contribution in [0.2, 0.25) is 0 Å². The van der Waals surface area contributed by atoms with E-state index in [1.54, 1.807) is 0 Å². The zero-order valence-corrected chi connectivity index (χ0v) is 11.5. The Labute approximate surface area is 106 Å². The van der Waals surface area contributed by atoms with Crippen molar-refractivity contribution in [3.8, 4) is 0 Å². The van der Waals surface area contributed by atoms with E-state index in [1.807, 2.05) is 0 Å². The average molecular weight is 283 g/mol. The van der Waals surface area contributed by atoms with E-state index in [9.17, 15) is 0 Å². The SMILES string of the molecule is CN(C)C1(Cc2ccccc2Br)CCNC1. The number of nitrogens with one attached hydrogen (secondary N) is 1. The van der Waals surface area contributed by atoms with Gasteiger partial charge in [-0.25, -0.2) is 0 Å². The molecule has 0 amide bonds. The van der Waals surface area contributed by atoms with Gasteiger partial charge in [-0.1, -0.05) is 34.1 Å². The van der Waals surface area contributed by atoms with Crippen LogP contribution >= 0.6 is 15.9 Å². The summed E-state index contributed by atoms with van der Waals surface area (Å²) < 4.78 is 1.23. The summed E-state index contributed by atoms with van der Waals surface area (Å²) in [5.74, 6) is 0. The highest BCUT2D eigenvalue weighted by molar-refractivity contribution is 9.10. The van der Waals surface area contributed by atoms with Crippen molar-refractivity contribution in [1.82, 2.24) is 10.2 Å². The number of likely N-dealkylation sites (N-methyl/N-ethyl adjacent to an activating group) is 1. The van der Waals surface area contributed by atoms with E-state index in [2.05, 4.69) is 64.5 Å². The number of hydrogen-bond donors (Lipinski definition) is 1. The Morgan fingerprint density at radius 3 is 2.69 bits per heavy atom. The standard InChI is InChI=1S/C13H19BrN2/c1-16(2)13(7-8-15-10-13)9-11-5-3-4-6-12(11)14/h3-6,15H,7-10H2,1-2H3. The van der Waals surface area contributed by atoms with Crippen molar-refractivity contribution < 1.29 is 0 Å². The fourth-order valence-corrected chi connectivity index (χ4v) is 2.84. The van der Waals surface area contributed by atoms with Gasteiger partial charge in [0.15, 0.2) is 0 Å². The van der Waals surface area contributed by atoms with Gasteiger partial charge in [0.25, 0.3) is 0 Å². The van der Waals surface area contributed by atoms with Crippen LogP contribution in [-0.2, 0) is 6.42 Å². The Morgan fingerprint density at radius 1 is 1.38 bits per heavy atom. The smallest absolute Gasteiger partial charge is 0.0380 e. The lowest BCUT2D eigenvalue weighted by Crippen LogP contribution is -2.48. The van der Waals surface area contributed by atoms with Crippen molar-refractivity contribution in [2.24, 2.45) is 0 Å². The summed E-state index contributed by atoms with van der Waals surface area (Å²) in [6.07, 6.45) is 2.33. The third-order valence-corrected chi connectivity index (χ3v) is 4.42. The second kappa shape index (κ2) is 4.86. The molecular formula is C13H19BrN2. The van der Waals surface area contributed by atoms with Crippen molar-refractivity contribution in [2.45, 2.75) is 18.4 Å². The lowest BCUT2D eigenvalue weighted by atomic mass is 9.89. The molecule has 1 aromatic carbocycles. The molecule has 1 heterocycles. The molecule has 16 heavy (non-hydrogen) atoms. The van der Waals surface area contributed by atoms with Gasteiger partial charge in [0, 0.05) is 16.6 Å². The normalized spacial score (nSPS) is 25.2. The molecule has 1 fully saturated rings. The van der Waals surface area contributed by atoms with E-state index in [0.29, 0.717) is 0 Å². The van der Waals surface area contributed by atoms with E-state index >= 15 is 0 Å². The van der Waals surface area contributed by atoms with Crippen LogP contribution in [0.1, 0.15) is 12.0 Å². The molecular weight excluding hydrogens is 264 g/mol. The molecule has 1 unspecified atom stereocenters. The van der Waals surface area contributed by atoms with Crippen LogP contribution in [0.4, 0.5) is 0 Å². The van der Waals surface area contributed by atoms with Gasteiger partial charge < -0.3 is 10.2 Å². The molecule has 0 aliphatic carbocycles. The summed E-state index contributed by atoms with van der Waals surface area (Å²) in [6, 6.07) is 8.53. The number of rotatable bonds is 3. The van der Waals surface area contributed by atoms with Crippen molar-refractivity contribution in [2.75, 3.05) is 27.2 Å². The summed E-state index contributed by atoms with van der Waals surface area (Å²) in [4.78, 5) is 2.37. The van der Waals surface area contributed by atoms with E-state index in [-0.39, 0.29) is 5.54 Å². The van der Waals surface area contributed by atoms with Crippen LogP contribution in [0.15, 0.2) is 28.7 Å². The molecule has 0 saturated carbocycles. The largest absolute Gasteiger partial charge is 0.315 e. The number of nitrogens with zero attached hydrogens (tertiary/aromatic N) is 1. The molecule has 2 rings (SSSR count). The van der Waals surface area contributed by atoms with Crippen molar-refractivity contribution in [3.05, 3.63) is 34.3 Å².